The number of amides is 1. The molecule has 5 heteroatoms. The van der Waals surface area contributed by atoms with Crippen molar-refractivity contribution in [3.63, 3.8) is 0 Å². The maximum absolute atomic E-state index is 12.9. The number of benzene rings is 1. The number of rotatable bonds is 4. The Bertz CT molecular complexity index is 733. The molecule has 2 heterocycles. The number of carbonyl (C=O) groups excluding carboxylic acids is 1. The standard InChI is InChI=1S/C20H28N4O/c1-14-12-15(2)24(22-14)13-17-7-9-18(10-8-17)20(25)23-11-5-4-6-19(23)16(3)21/h7-10,12,16,19H,4-6,11,13,21H2,1-3H3. The fraction of sp³-hybridized carbons (Fsp3) is 0.500. The van der Waals surface area contributed by atoms with Crippen LogP contribution >= 0.6 is 0 Å². The molecule has 3 rings (SSSR count). The second-order valence-electron chi connectivity index (χ2n) is 7.20. The lowest BCUT2D eigenvalue weighted by molar-refractivity contribution is 0.0584. The van der Waals surface area contributed by atoms with Crippen LogP contribution in [0.2, 0.25) is 0 Å². The van der Waals surface area contributed by atoms with Gasteiger partial charge in [0.15, 0.2) is 0 Å². The van der Waals surface area contributed by atoms with Crippen molar-refractivity contribution in [3.8, 4) is 0 Å². The van der Waals surface area contributed by atoms with Gasteiger partial charge in [0.1, 0.15) is 0 Å². The van der Waals surface area contributed by atoms with Gasteiger partial charge in [-0.05, 0) is 63.8 Å². The molecule has 1 fully saturated rings. The van der Waals surface area contributed by atoms with Gasteiger partial charge in [-0.2, -0.15) is 5.10 Å². The van der Waals surface area contributed by atoms with Gasteiger partial charge in [-0.3, -0.25) is 9.48 Å². The van der Waals surface area contributed by atoms with Gasteiger partial charge in [-0.1, -0.05) is 12.1 Å². The minimum Gasteiger partial charge on any atom is -0.334 e. The normalized spacial score (nSPS) is 19.0. The highest BCUT2D eigenvalue weighted by molar-refractivity contribution is 5.94. The van der Waals surface area contributed by atoms with Crippen molar-refractivity contribution in [2.75, 3.05) is 6.54 Å². The number of hydrogen-bond donors (Lipinski definition) is 1. The largest absolute Gasteiger partial charge is 0.334 e. The molecule has 1 saturated heterocycles. The molecule has 25 heavy (non-hydrogen) atoms. The molecule has 2 atom stereocenters. The summed E-state index contributed by atoms with van der Waals surface area (Å²) in [5.74, 6) is 0.0969. The number of piperidine rings is 1. The molecule has 1 aliphatic rings. The maximum Gasteiger partial charge on any atom is 0.254 e. The van der Waals surface area contributed by atoms with E-state index in [2.05, 4.69) is 18.1 Å². The second kappa shape index (κ2) is 7.40. The predicted molar refractivity (Wildman–Crippen MR) is 99.6 cm³/mol. The number of likely N-dealkylation sites (tertiary alicyclic amines) is 1. The number of carbonyl (C=O) groups is 1. The van der Waals surface area contributed by atoms with E-state index < -0.39 is 0 Å². The van der Waals surface area contributed by atoms with Gasteiger partial charge >= 0.3 is 0 Å². The molecule has 2 unspecified atom stereocenters. The monoisotopic (exact) mass is 340 g/mol. The minimum atomic E-state index is 0.00885. The molecule has 5 nitrogen and oxygen atoms in total. The first-order valence-electron chi connectivity index (χ1n) is 9.12. The third-order valence-electron chi connectivity index (χ3n) is 5.05. The number of nitrogens with two attached hydrogens (primary N) is 1. The van der Waals surface area contributed by atoms with Crippen molar-refractivity contribution < 1.29 is 4.79 Å². The number of aromatic nitrogens is 2. The van der Waals surface area contributed by atoms with Crippen LogP contribution in [0.3, 0.4) is 0 Å². The summed E-state index contributed by atoms with van der Waals surface area (Å²) in [7, 11) is 0. The summed E-state index contributed by atoms with van der Waals surface area (Å²) >= 11 is 0. The minimum absolute atomic E-state index is 0.00885. The van der Waals surface area contributed by atoms with Crippen molar-refractivity contribution in [1.82, 2.24) is 14.7 Å². The molecule has 0 spiro atoms. The Morgan fingerprint density at radius 2 is 2.00 bits per heavy atom. The number of aryl methyl sites for hydroxylation is 2. The third kappa shape index (κ3) is 3.93. The average molecular weight is 340 g/mol. The molecule has 2 N–H and O–H groups in total. The quantitative estimate of drug-likeness (QED) is 0.931. The summed E-state index contributed by atoms with van der Waals surface area (Å²) in [6, 6.07) is 10.1. The predicted octanol–water partition coefficient (Wildman–Crippen LogP) is 2.89. The zero-order valence-electron chi connectivity index (χ0n) is 15.4. The highest BCUT2D eigenvalue weighted by Crippen LogP contribution is 2.22. The van der Waals surface area contributed by atoms with Crippen LogP contribution in [0.25, 0.3) is 0 Å². The van der Waals surface area contributed by atoms with Crippen molar-refractivity contribution >= 4 is 5.91 Å². The lowest BCUT2D eigenvalue weighted by Crippen LogP contribution is -2.51. The molecule has 1 aliphatic heterocycles. The van der Waals surface area contributed by atoms with Gasteiger partial charge in [0, 0.05) is 29.9 Å². The SMILES string of the molecule is Cc1cc(C)n(Cc2ccc(C(=O)N3CCCCC3C(C)N)cc2)n1. The van der Waals surface area contributed by atoms with E-state index >= 15 is 0 Å². The highest BCUT2D eigenvalue weighted by atomic mass is 16.2. The summed E-state index contributed by atoms with van der Waals surface area (Å²) in [4.78, 5) is 14.9. The van der Waals surface area contributed by atoms with Crippen LogP contribution in [-0.4, -0.2) is 39.2 Å². The van der Waals surface area contributed by atoms with E-state index in [-0.39, 0.29) is 18.0 Å². The molecule has 1 aromatic carbocycles. The van der Waals surface area contributed by atoms with E-state index in [0.29, 0.717) is 0 Å². The van der Waals surface area contributed by atoms with Crippen LogP contribution in [0, 0.1) is 13.8 Å². The molecular formula is C20H28N4O. The van der Waals surface area contributed by atoms with Gasteiger partial charge in [-0.25, -0.2) is 0 Å². The van der Waals surface area contributed by atoms with E-state index in [1.54, 1.807) is 0 Å². The number of hydrogen-bond acceptors (Lipinski definition) is 3. The smallest absolute Gasteiger partial charge is 0.254 e. The summed E-state index contributed by atoms with van der Waals surface area (Å²) < 4.78 is 1.99. The first kappa shape index (κ1) is 17.7. The Kier molecular flexibility index (Phi) is 5.23. The molecule has 1 amide bonds. The Balaban J connectivity index is 1.73. The fourth-order valence-corrected chi connectivity index (χ4v) is 3.68. The molecule has 0 aliphatic carbocycles. The summed E-state index contributed by atoms with van der Waals surface area (Å²) in [5, 5.41) is 4.49. The molecular weight excluding hydrogens is 312 g/mol. The van der Waals surface area contributed by atoms with Gasteiger partial charge in [-0.15, -0.1) is 0 Å². The average Bonchev–Trinajstić information content (AvgIpc) is 2.92. The van der Waals surface area contributed by atoms with Crippen LogP contribution in [0.4, 0.5) is 0 Å². The molecule has 0 radical (unpaired) electrons. The second-order valence-corrected chi connectivity index (χ2v) is 7.20. The number of nitrogens with zero attached hydrogens (tertiary/aromatic N) is 3. The van der Waals surface area contributed by atoms with Crippen LogP contribution in [0.1, 0.15) is 53.5 Å². The molecule has 0 bridgehead atoms. The summed E-state index contributed by atoms with van der Waals surface area (Å²) in [5.41, 5.74) is 10.1. The lowest BCUT2D eigenvalue weighted by Gasteiger charge is -2.38. The van der Waals surface area contributed by atoms with Crippen molar-refractivity contribution in [1.29, 1.82) is 0 Å². The van der Waals surface area contributed by atoms with E-state index in [9.17, 15) is 4.79 Å². The lowest BCUT2D eigenvalue weighted by atomic mass is 9.96. The van der Waals surface area contributed by atoms with Crippen LogP contribution in [0.15, 0.2) is 30.3 Å². The van der Waals surface area contributed by atoms with Gasteiger partial charge in [0.25, 0.3) is 5.91 Å². The molecule has 1 aromatic heterocycles. The van der Waals surface area contributed by atoms with Crippen LogP contribution in [-0.2, 0) is 6.54 Å². The Morgan fingerprint density at radius 1 is 1.28 bits per heavy atom. The molecule has 0 saturated carbocycles. The van der Waals surface area contributed by atoms with Gasteiger partial charge < -0.3 is 10.6 Å². The topological polar surface area (TPSA) is 64.2 Å². The zero-order valence-corrected chi connectivity index (χ0v) is 15.4. The Labute approximate surface area is 149 Å². The third-order valence-corrected chi connectivity index (χ3v) is 5.05. The van der Waals surface area contributed by atoms with Crippen molar-refractivity contribution in [2.24, 2.45) is 5.73 Å². The van der Waals surface area contributed by atoms with Gasteiger partial charge in [0.05, 0.1) is 12.2 Å². The first-order valence-corrected chi connectivity index (χ1v) is 9.12. The van der Waals surface area contributed by atoms with E-state index in [0.717, 1.165) is 54.9 Å². The van der Waals surface area contributed by atoms with Crippen LogP contribution in [0.5, 0.6) is 0 Å². The van der Waals surface area contributed by atoms with Crippen molar-refractivity contribution in [2.45, 2.75) is 58.7 Å². The summed E-state index contributed by atoms with van der Waals surface area (Å²) in [6.07, 6.45) is 3.21. The zero-order chi connectivity index (χ0) is 18.0. The van der Waals surface area contributed by atoms with Gasteiger partial charge in [0.2, 0.25) is 0 Å². The Morgan fingerprint density at radius 3 is 2.60 bits per heavy atom. The molecule has 134 valence electrons. The highest BCUT2D eigenvalue weighted by Gasteiger charge is 2.29. The van der Waals surface area contributed by atoms with E-state index in [1.807, 2.05) is 47.7 Å². The molecule has 2 aromatic rings. The van der Waals surface area contributed by atoms with E-state index in [4.69, 9.17) is 5.73 Å². The first-order chi connectivity index (χ1) is 12.0. The maximum atomic E-state index is 12.9. The summed E-state index contributed by atoms with van der Waals surface area (Å²) in [6.45, 7) is 7.58. The van der Waals surface area contributed by atoms with Crippen LogP contribution < -0.4 is 5.73 Å². The fourth-order valence-electron chi connectivity index (χ4n) is 3.68. The van der Waals surface area contributed by atoms with E-state index in [1.165, 1.54) is 0 Å². The Hall–Kier alpha value is -2.14. The van der Waals surface area contributed by atoms with Crippen molar-refractivity contribution in [3.05, 3.63) is 52.8 Å².